The smallest absolute Gasteiger partial charge is 0.416 e. The summed E-state index contributed by atoms with van der Waals surface area (Å²) in [6, 6.07) is 17.8. The molecule has 1 unspecified atom stereocenters. The predicted molar refractivity (Wildman–Crippen MR) is 94.2 cm³/mol. The van der Waals surface area contributed by atoms with Gasteiger partial charge in [-0.15, -0.1) is 0 Å². The zero-order chi connectivity index (χ0) is 17.2. The van der Waals surface area contributed by atoms with Crippen LogP contribution in [0, 0.1) is 0 Å². The first-order chi connectivity index (χ1) is 12.2. The number of imide groups is 1. The van der Waals surface area contributed by atoms with Gasteiger partial charge in [0.1, 0.15) is 6.61 Å². The Morgan fingerprint density at radius 1 is 1.00 bits per heavy atom. The SMILES string of the molecule is O=C(Cc1ccc(C2CC2)cc1)N1C(=O)OCC1Cc1ccccc1. The number of amides is 2. The van der Waals surface area contributed by atoms with E-state index in [1.54, 1.807) is 0 Å². The number of cyclic esters (lactones) is 1. The summed E-state index contributed by atoms with van der Waals surface area (Å²) >= 11 is 0. The lowest BCUT2D eigenvalue weighted by molar-refractivity contribution is -0.128. The van der Waals surface area contributed by atoms with E-state index >= 15 is 0 Å². The van der Waals surface area contributed by atoms with E-state index in [2.05, 4.69) is 12.1 Å². The summed E-state index contributed by atoms with van der Waals surface area (Å²) in [6.45, 7) is 0.264. The molecule has 0 spiro atoms. The number of hydrogen-bond donors (Lipinski definition) is 0. The van der Waals surface area contributed by atoms with E-state index in [1.165, 1.54) is 23.3 Å². The molecule has 0 radical (unpaired) electrons. The number of rotatable bonds is 5. The van der Waals surface area contributed by atoms with Crippen LogP contribution in [0.4, 0.5) is 4.79 Å². The van der Waals surface area contributed by atoms with E-state index in [0.29, 0.717) is 12.3 Å². The maximum atomic E-state index is 12.7. The Morgan fingerprint density at radius 3 is 2.40 bits per heavy atom. The molecule has 1 atom stereocenters. The fraction of sp³-hybridized carbons (Fsp3) is 0.333. The minimum absolute atomic E-state index is 0.192. The molecular weight excluding hydrogens is 314 g/mol. The molecule has 0 bridgehead atoms. The van der Waals surface area contributed by atoms with Crippen molar-refractivity contribution in [1.82, 2.24) is 4.90 Å². The molecule has 0 aromatic heterocycles. The van der Waals surface area contributed by atoms with Crippen molar-refractivity contribution >= 4 is 12.0 Å². The molecule has 1 aliphatic heterocycles. The third kappa shape index (κ3) is 3.58. The quantitative estimate of drug-likeness (QED) is 0.837. The summed E-state index contributed by atoms with van der Waals surface area (Å²) in [5.41, 5.74) is 3.38. The molecule has 1 aliphatic carbocycles. The van der Waals surface area contributed by atoms with Gasteiger partial charge in [-0.1, -0.05) is 54.6 Å². The van der Waals surface area contributed by atoms with Crippen molar-refractivity contribution < 1.29 is 14.3 Å². The summed E-state index contributed by atoms with van der Waals surface area (Å²) < 4.78 is 5.13. The van der Waals surface area contributed by atoms with Gasteiger partial charge in [0.25, 0.3) is 0 Å². The third-order valence-electron chi connectivity index (χ3n) is 4.93. The van der Waals surface area contributed by atoms with E-state index in [4.69, 9.17) is 4.74 Å². The summed E-state index contributed by atoms with van der Waals surface area (Å²) in [4.78, 5) is 26.0. The maximum absolute atomic E-state index is 12.7. The van der Waals surface area contributed by atoms with Gasteiger partial charge in [-0.2, -0.15) is 0 Å². The lowest BCUT2D eigenvalue weighted by Crippen LogP contribution is -2.41. The van der Waals surface area contributed by atoms with Crippen LogP contribution in [0.1, 0.15) is 35.4 Å². The Kier molecular flexibility index (Phi) is 4.26. The van der Waals surface area contributed by atoms with Gasteiger partial charge >= 0.3 is 6.09 Å². The molecule has 2 amide bonds. The highest BCUT2D eigenvalue weighted by molar-refractivity contribution is 5.94. The standard InChI is InChI=1S/C21H21NO3/c23-20(13-16-6-8-17(9-7-16)18-10-11-18)22-19(14-25-21(22)24)12-15-4-2-1-3-5-15/h1-9,18-19H,10-14H2. The molecule has 4 nitrogen and oxygen atoms in total. The summed E-state index contributed by atoms with van der Waals surface area (Å²) in [5, 5.41) is 0. The molecule has 4 rings (SSSR count). The molecule has 0 N–H and O–H groups in total. The van der Waals surface area contributed by atoms with Gasteiger partial charge in [0.05, 0.1) is 12.5 Å². The lowest BCUT2D eigenvalue weighted by atomic mass is 10.0. The van der Waals surface area contributed by atoms with Crippen LogP contribution in [0.2, 0.25) is 0 Å². The molecule has 1 saturated heterocycles. The van der Waals surface area contributed by atoms with Crippen molar-refractivity contribution in [1.29, 1.82) is 0 Å². The van der Waals surface area contributed by atoms with Crippen molar-refractivity contribution in [3.8, 4) is 0 Å². The number of ether oxygens (including phenoxy) is 1. The van der Waals surface area contributed by atoms with Gasteiger partial charge < -0.3 is 4.74 Å². The molecule has 2 aromatic carbocycles. The van der Waals surface area contributed by atoms with Crippen molar-refractivity contribution in [3.63, 3.8) is 0 Å². The van der Waals surface area contributed by atoms with Crippen LogP contribution in [0.15, 0.2) is 54.6 Å². The number of benzene rings is 2. The normalized spacial score (nSPS) is 19.8. The summed E-state index contributed by atoms with van der Waals surface area (Å²) in [7, 11) is 0. The topological polar surface area (TPSA) is 46.6 Å². The van der Waals surface area contributed by atoms with Crippen LogP contribution < -0.4 is 0 Å². The number of carbonyl (C=O) groups is 2. The van der Waals surface area contributed by atoms with E-state index in [0.717, 1.165) is 11.1 Å². The van der Waals surface area contributed by atoms with Crippen LogP contribution >= 0.6 is 0 Å². The predicted octanol–water partition coefficient (Wildman–Crippen LogP) is 3.70. The molecular formula is C21H21NO3. The fourth-order valence-corrected chi connectivity index (χ4v) is 3.39. The highest BCUT2D eigenvalue weighted by Crippen LogP contribution is 2.39. The molecule has 2 aromatic rings. The Labute approximate surface area is 147 Å². The number of carbonyl (C=O) groups excluding carboxylic acids is 2. The van der Waals surface area contributed by atoms with E-state index in [9.17, 15) is 9.59 Å². The molecule has 25 heavy (non-hydrogen) atoms. The summed E-state index contributed by atoms with van der Waals surface area (Å²) in [6.07, 6.45) is 2.85. The lowest BCUT2D eigenvalue weighted by Gasteiger charge is -2.19. The van der Waals surface area contributed by atoms with Crippen molar-refractivity contribution in [2.45, 2.75) is 37.6 Å². The van der Waals surface area contributed by atoms with Gasteiger partial charge in [0.2, 0.25) is 5.91 Å². The Morgan fingerprint density at radius 2 is 1.72 bits per heavy atom. The van der Waals surface area contributed by atoms with Crippen LogP contribution in [-0.4, -0.2) is 29.5 Å². The number of hydrogen-bond acceptors (Lipinski definition) is 3. The molecule has 1 heterocycles. The third-order valence-corrected chi connectivity index (χ3v) is 4.93. The van der Waals surface area contributed by atoms with Gasteiger partial charge in [0, 0.05) is 0 Å². The first kappa shape index (κ1) is 15.9. The molecule has 2 aliphatic rings. The van der Waals surface area contributed by atoms with E-state index in [1.807, 2.05) is 42.5 Å². The van der Waals surface area contributed by atoms with Gasteiger partial charge in [-0.05, 0) is 41.9 Å². The minimum atomic E-state index is -0.527. The van der Waals surface area contributed by atoms with Crippen LogP contribution in [0.3, 0.4) is 0 Å². The van der Waals surface area contributed by atoms with Crippen LogP contribution in [-0.2, 0) is 22.4 Å². The minimum Gasteiger partial charge on any atom is -0.447 e. The highest BCUT2D eigenvalue weighted by atomic mass is 16.6. The fourth-order valence-electron chi connectivity index (χ4n) is 3.39. The first-order valence-electron chi connectivity index (χ1n) is 8.82. The van der Waals surface area contributed by atoms with Gasteiger partial charge in [0.15, 0.2) is 0 Å². The Hall–Kier alpha value is -2.62. The largest absolute Gasteiger partial charge is 0.447 e. The second kappa shape index (κ2) is 6.71. The molecule has 4 heteroatoms. The van der Waals surface area contributed by atoms with Crippen molar-refractivity contribution in [2.75, 3.05) is 6.61 Å². The highest BCUT2D eigenvalue weighted by Gasteiger charge is 2.37. The van der Waals surface area contributed by atoms with Crippen LogP contribution in [0.5, 0.6) is 0 Å². The maximum Gasteiger partial charge on any atom is 0.416 e. The van der Waals surface area contributed by atoms with E-state index in [-0.39, 0.29) is 25.0 Å². The van der Waals surface area contributed by atoms with Gasteiger partial charge in [-0.25, -0.2) is 9.69 Å². The van der Waals surface area contributed by atoms with Crippen molar-refractivity contribution in [2.24, 2.45) is 0 Å². The average Bonchev–Trinajstić information content (AvgIpc) is 3.41. The molecule has 128 valence electrons. The zero-order valence-corrected chi connectivity index (χ0v) is 14.1. The molecule has 2 fully saturated rings. The van der Waals surface area contributed by atoms with Crippen LogP contribution in [0.25, 0.3) is 0 Å². The first-order valence-corrected chi connectivity index (χ1v) is 8.82. The molecule has 1 saturated carbocycles. The second-order valence-electron chi connectivity index (χ2n) is 6.88. The second-order valence-corrected chi connectivity index (χ2v) is 6.88. The van der Waals surface area contributed by atoms with Crippen molar-refractivity contribution in [3.05, 3.63) is 71.3 Å². The average molecular weight is 335 g/mol. The Balaban J connectivity index is 1.44. The summed E-state index contributed by atoms with van der Waals surface area (Å²) in [5.74, 6) is 0.510. The number of nitrogens with zero attached hydrogens (tertiary/aromatic N) is 1. The monoisotopic (exact) mass is 335 g/mol. The van der Waals surface area contributed by atoms with E-state index < -0.39 is 6.09 Å². The zero-order valence-electron chi connectivity index (χ0n) is 14.1. The van der Waals surface area contributed by atoms with Gasteiger partial charge in [-0.3, -0.25) is 4.79 Å². The Bertz CT molecular complexity index is 765.